The molecular weight excluding hydrogens is 427 g/mol. The number of pyridine rings is 2. The first-order valence-corrected chi connectivity index (χ1v) is 10.7. The molecule has 4 rings (SSSR count). The number of ether oxygens (including phenoxy) is 1. The lowest BCUT2D eigenvalue weighted by molar-refractivity contribution is -0.189. The first-order chi connectivity index (χ1) is 15.9. The average Bonchev–Trinajstić information content (AvgIpc) is 3.33. The normalized spacial score (nSPS) is 19.6. The van der Waals surface area contributed by atoms with Crippen LogP contribution in [0.1, 0.15) is 43.4 Å². The quantitative estimate of drug-likeness (QED) is 0.683. The lowest BCUT2D eigenvalue weighted by atomic mass is 9.79. The van der Waals surface area contributed by atoms with Gasteiger partial charge in [-0.05, 0) is 24.5 Å². The molecule has 0 saturated carbocycles. The van der Waals surface area contributed by atoms with E-state index in [4.69, 9.17) is 20.1 Å². The molecule has 1 amide bonds. The summed E-state index contributed by atoms with van der Waals surface area (Å²) in [5.74, 6) is -0.212. The van der Waals surface area contributed by atoms with E-state index in [0.717, 1.165) is 11.8 Å². The monoisotopic (exact) mass is 450 g/mol. The summed E-state index contributed by atoms with van der Waals surface area (Å²) >= 11 is 0. The van der Waals surface area contributed by atoms with Crippen molar-refractivity contribution in [3.63, 3.8) is 0 Å². The van der Waals surface area contributed by atoms with Crippen LogP contribution in [0.15, 0.2) is 30.7 Å². The van der Waals surface area contributed by atoms with Crippen LogP contribution < -0.4 is 9.64 Å². The van der Waals surface area contributed by atoms with E-state index in [1.807, 2.05) is 17.9 Å². The summed E-state index contributed by atoms with van der Waals surface area (Å²) in [5.41, 5.74) is 0.581. The fourth-order valence-electron chi connectivity index (χ4n) is 4.19. The molecule has 2 aliphatic rings. The number of amides is 1. The molecule has 1 atom stereocenters. The van der Waals surface area contributed by atoms with Crippen LogP contribution in [0.2, 0.25) is 0 Å². The van der Waals surface area contributed by atoms with Gasteiger partial charge in [0.2, 0.25) is 0 Å². The van der Waals surface area contributed by atoms with Gasteiger partial charge in [0, 0.05) is 38.0 Å². The minimum Gasteiger partial charge on any atom is -0.475 e. The third-order valence-corrected chi connectivity index (χ3v) is 6.18. The number of piperidine rings is 1. The van der Waals surface area contributed by atoms with Gasteiger partial charge in [0.25, 0.3) is 5.91 Å². The second-order valence-corrected chi connectivity index (χ2v) is 8.35. The Balaban J connectivity index is 1.45. The van der Waals surface area contributed by atoms with E-state index in [1.165, 1.54) is 17.3 Å². The van der Waals surface area contributed by atoms with Crippen molar-refractivity contribution in [2.45, 2.75) is 32.2 Å². The number of carbonyl (C=O) groups is 1. The second kappa shape index (κ2) is 9.39. The van der Waals surface area contributed by atoms with Gasteiger partial charge < -0.3 is 9.64 Å². The number of carbonyl (C=O) groups excluding carboxylic acids is 1. The predicted octanol–water partition coefficient (Wildman–Crippen LogP) is 2.90. The molecule has 4 heterocycles. The molecule has 2 aromatic heterocycles. The third kappa shape index (κ3) is 4.57. The van der Waals surface area contributed by atoms with E-state index in [-0.39, 0.29) is 24.3 Å². The smallest absolute Gasteiger partial charge is 0.252 e. The van der Waals surface area contributed by atoms with Crippen molar-refractivity contribution in [3.05, 3.63) is 47.7 Å². The number of hydroxylamine groups is 2. The Morgan fingerprint density at radius 3 is 2.82 bits per heavy atom. The van der Waals surface area contributed by atoms with Gasteiger partial charge in [-0.2, -0.15) is 10.5 Å². The number of nitriles is 2. The largest absolute Gasteiger partial charge is 0.475 e. The molecule has 0 radical (unpaired) electrons. The fraction of sp³-hybridized carbons (Fsp3) is 0.435. The molecule has 2 aromatic rings. The first kappa shape index (κ1) is 22.4. The van der Waals surface area contributed by atoms with Crippen LogP contribution in [-0.4, -0.2) is 47.2 Å². The Morgan fingerprint density at radius 1 is 1.30 bits per heavy atom. The molecule has 0 aromatic carbocycles. The van der Waals surface area contributed by atoms with Crippen LogP contribution in [0.4, 0.5) is 10.2 Å². The molecule has 0 aliphatic carbocycles. The van der Waals surface area contributed by atoms with Crippen LogP contribution in [0, 0.1) is 33.9 Å². The molecule has 9 nitrogen and oxygen atoms in total. The molecule has 33 heavy (non-hydrogen) atoms. The number of halogens is 1. The Hall–Kier alpha value is -3.76. The van der Waals surface area contributed by atoms with Crippen LogP contribution in [0.3, 0.4) is 0 Å². The van der Waals surface area contributed by atoms with Crippen LogP contribution in [-0.2, 0) is 9.63 Å². The number of nitrogens with zero attached hydrogens (tertiary/aromatic N) is 6. The molecule has 0 N–H and O–H groups in total. The van der Waals surface area contributed by atoms with Gasteiger partial charge in [0.05, 0.1) is 29.8 Å². The van der Waals surface area contributed by atoms with Gasteiger partial charge in [-0.1, -0.05) is 6.92 Å². The van der Waals surface area contributed by atoms with E-state index in [9.17, 15) is 9.18 Å². The number of anilines is 1. The second-order valence-electron chi connectivity index (χ2n) is 8.35. The predicted molar refractivity (Wildman–Crippen MR) is 114 cm³/mol. The van der Waals surface area contributed by atoms with Gasteiger partial charge in [-0.3, -0.25) is 14.6 Å². The number of aromatic nitrogens is 2. The zero-order valence-electron chi connectivity index (χ0n) is 18.2. The summed E-state index contributed by atoms with van der Waals surface area (Å²) in [6.07, 6.45) is 5.98. The number of hydrogen-bond acceptors (Lipinski definition) is 8. The van der Waals surface area contributed by atoms with Gasteiger partial charge in [0.1, 0.15) is 18.0 Å². The lowest BCUT2D eigenvalue weighted by Gasteiger charge is -2.41. The van der Waals surface area contributed by atoms with Crippen LogP contribution >= 0.6 is 0 Å². The maximum absolute atomic E-state index is 13.9. The molecule has 0 spiro atoms. The highest BCUT2D eigenvalue weighted by atomic mass is 19.1. The molecule has 2 aliphatic heterocycles. The van der Waals surface area contributed by atoms with Crippen molar-refractivity contribution >= 4 is 11.7 Å². The Labute approximate surface area is 190 Å². The fourth-order valence-corrected chi connectivity index (χ4v) is 4.19. The summed E-state index contributed by atoms with van der Waals surface area (Å²) in [6.45, 7) is 3.18. The highest BCUT2D eigenvalue weighted by Gasteiger charge is 2.44. The van der Waals surface area contributed by atoms with E-state index in [1.54, 1.807) is 12.3 Å². The minimum atomic E-state index is -0.639. The summed E-state index contributed by atoms with van der Waals surface area (Å²) < 4.78 is 19.0. The maximum Gasteiger partial charge on any atom is 0.252 e. The van der Waals surface area contributed by atoms with Crippen molar-refractivity contribution in [1.82, 2.24) is 15.0 Å². The molecule has 0 unspecified atom stereocenters. The Kier molecular flexibility index (Phi) is 6.38. The topological polar surface area (TPSA) is 115 Å². The van der Waals surface area contributed by atoms with Crippen LogP contribution in [0.5, 0.6) is 5.75 Å². The van der Waals surface area contributed by atoms with Gasteiger partial charge in [-0.25, -0.2) is 14.4 Å². The molecule has 2 fully saturated rings. The highest BCUT2D eigenvalue weighted by Crippen LogP contribution is 2.40. The van der Waals surface area contributed by atoms with Crippen LogP contribution in [0.25, 0.3) is 0 Å². The number of rotatable bonds is 5. The average molecular weight is 450 g/mol. The molecule has 2 saturated heterocycles. The standard InChI is InChI=1S/C23H23FN6O3/c1-23(22(31)30-19(2-8-33-30)17-10-16(12-26)13-27-14-17)3-6-29(7-4-23)21-11-20(32-9-5-25)18(24)15-28-21/h10-11,13-15,19H,2-4,6-9H2,1H3/t19-/m0/s1. The summed E-state index contributed by atoms with van der Waals surface area (Å²) in [7, 11) is 0. The van der Waals surface area contributed by atoms with Crippen molar-refractivity contribution < 1.29 is 18.8 Å². The van der Waals surface area contributed by atoms with E-state index in [0.29, 0.717) is 50.3 Å². The Bertz CT molecular complexity index is 1120. The zero-order chi connectivity index (χ0) is 23.4. The van der Waals surface area contributed by atoms with Gasteiger partial charge >= 0.3 is 0 Å². The van der Waals surface area contributed by atoms with E-state index >= 15 is 0 Å². The SMILES string of the molecule is CC1(C(=O)N2OCC[C@H]2c2cncc(C#N)c2)CCN(c2cc(OCC#N)c(F)cn2)CC1. The molecule has 10 heteroatoms. The molecule has 0 bridgehead atoms. The highest BCUT2D eigenvalue weighted by molar-refractivity contribution is 5.82. The van der Waals surface area contributed by atoms with Crippen molar-refractivity contribution in [2.75, 3.05) is 31.2 Å². The Morgan fingerprint density at radius 2 is 2.09 bits per heavy atom. The minimum absolute atomic E-state index is 0.0209. The summed E-state index contributed by atoms with van der Waals surface area (Å²) in [6, 6.07) is 6.83. The summed E-state index contributed by atoms with van der Waals surface area (Å²) in [4.78, 5) is 29.4. The van der Waals surface area contributed by atoms with Crippen molar-refractivity contribution in [3.8, 4) is 17.9 Å². The molecule has 170 valence electrons. The lowest BCUT2D eigenvalue weighted by Crippen LogP contribution is -2.48. The van der Waals surface area contributed by atoms with Crippen molar-refractivity contribution in [1.29, 1.82) is 10.5 Å². The first-order valence-electron chi connectivity index (χ1n) is 10.7. The van der Waals surface area contributed by atoms with E-state index in [2.05, 4.69) is 16.0 Å². The summed E-state index contributed by atoms with van der Waals surface area (Å²) in [5, 5.41) is 19.3. The van der Waals surface area contributed by atoms with Crippen molar-refractivity contribution in [2.24, 2.45) is 5.41 Å². The zero-order valence-corrected chi connectivity index (χ0v) is 18.2. The third-order valence-electron chi connectivity index (χ3n) is 6.18. The van der Waals surface area contributed by atoms with E-state index < -0.39 is 11.2 Å². The van der Waals surface area contributed by atoms with Gasteiger partial charge in [0.15, 0.2) is 18.2 Å². The molecular formula is C23H23FN6O3. The maximum atomic E-state index is 13.9. The number of hydrogen-bond donors (Lipinski definition) is 0. The van der Waals surface area contributed by atoms with Gasteiger partial charge in [-0.15, -0.1) is 0 Å².